The van der Waals surface area contributed by atoms with Gasteiger partial charge in [-0.2, -0.15) is 0 Å². The van der Waals surface area contributed by atoms with Gasteiger partial charge in [0.15, 0.2) is 0 Å². The lowest BCUT2D eigenvalue weighted by Crippen LogP contribution is -2.04. The highest BCUT2D eigenvalue weighted by atomic mass is 14.2. The third-order valence-electron chi connectivity index (χ3n) is 4.51. The van der Waals surface area contributed by atoms with Crippen molar-refractivity contribution in [3.05, 3.63) is 0 Å². The zero-order valence-corrected chi connectivity index (χ0v) is 14.3. The van der Waals surface area contributed by atoms with Gasteiger partial charge in [0, 0.05) is 0 Å². The SMILES string of the molecule is CCCCCCCCC(C)CCC(CCC)CCC. The molecule has 0 aliphatic rings. The summed E-state index contributed by atoms with van der Waals surface area (Å²) in [5, 5.41) is 0. The first-order chi connectivity index (χ1) is 9.24. The molecule has 0 aromatic rings. The fourth-order valence-corrected chi connectivity index (χ4v) is 3.19. The summed E-state index contributed by atoms with van der Waals surface area (Å²) in [6.07, 6.45) is 18.7. The molecule has 0 aliphatic heterocycles. The lowest BCUT2D eigenvalue weighted by atomic mass is 9.88. The average Bonchev–Trinajstić information content (AvgIpc) is 2.40. The second kappa shape index (κ2) is 14.4. The smallest absolute Gasteiger partial charge is 0.0414 e. The van der Waals surface area contributed by atoms with Gasteiger partial charge in [0.1, 0.15) is 0 Å². The van der Waals surface area contributed by atoms with Crippen molar-refractivity contribution in [3.8, 4) is 0 Å². The van der Waals surface area contributed by atoms with Crippen molar-refractivity contribution < 1.29 is 0 Å². The summed E-state index contributed by atoms with van der Waals surface area (Å²) in [7, 11) is 0. The van der Waals surface area contributed by atoms with E-state index < -0.39 is 0 Å². The third kappa shape index (κ3) is 12.8. The summed E-state index contributed by atoms with van der Waals surface area (Å²) < 4.78 is 0. The van der Waals surface area contributed by atoms with Gasteiger partial charge in [-0.05, 0) is 11.8 Å². The van der Waals surface area contributed by atoms with Crippen molar-refractivity contribution in [2.45, 2.75) is 111 Å². The van der Waals surface area contributed by atoms with E-state index in [-0.39, 0.29) is 0 Å². The van der Waals surface area contributed by atoms with Crippen LogP contribution in [0.15, 0.2) is 0 Å². The van der Waals surface area contributed by atoms with Gasteiger partial charge in [0.2, 0.25) is 0 Å². The Bertz CT molecular complexity index is 155. The van der Waals surface area contributed by atoms with E-state index in [0.29, 0.717) is 0 Å². The quantitative estimate of drug-likeness (QED) is 0.288. The molecule has 0 heteroatoms. The zero-order chi connectivity index (χ0) is 14.3. The Morgan fingerprint density at radius 1 is 0.526 bits per heavy atom. The maximum Gasteiger partial charge on any atom is -0.0414 e. The fraction of sp³-hybridized carbons (Fsp3) is 1.00. The van der Waals surface area contributed by atoms with Crippen molar-refractivity contribution in [3.63, 3.8) is 0 Å². The van der Waals surface area contributed by atoms with Gasteiger partial charge >= 0.3 is 0 Å². The largest absolute Gasteiger partial charge is 0.0654 e. The van der Waals surface area contributed by atoms with Gasteiger partial charge in [-0.25, -0.2) is 0 Å². The van der Waals surface area contributed by atoms with Crippen molar-refractivity contribution in [1.82, 2.24) is 0 Å². The monoisotopic (exact) mass is 268 g/mol. The molecule has 0 heterocycles. The first-order valence-electron chi connectivity index (χ1n) is 9.24. The second-order valence-electron chi connectivity index (χ2n) is 6.68. The van der Waals surface area contributed by atoms with Crippen LogP contribution in [0.5, 0.6) is 0 Å². The zero-order valence-electron chi connectivity index (χ0n) is 14.3. The highest BCUT2D eigenvalue weighted by Gasteiger charge is 2.09. The number of hydrogen-bond donors (Lipinski definition) is 0. The summed E-state index contributed by atoms with van der Waals surface area (Å²) in [4.78, 5) is 0. The van der Waals surface area contributed by atoms with Gasteiger partial charge < -0.3 is 0 Å². The molecule has 0 nitrogen and oxygen atoms in total. The lowest BCUT2D eigenvalue weighted by Gasteiger charge is -2.18. The van der Waals surface area contributed by atoms with Gasteiger partial charge in [0.05, 0.1) is 0 Å². The summed E-state index contributed by atoms with van der Waals surface area (Å²) in [6.45, 7) is 9.44. The van der Waals surface area contributed by atoms with E-state index in [1.165, 1.54) is 83.5 Å². The minimum Gasteiger partial charge on any atom is -0.0654 e. The molecule has 0 N–H and O–H groups in total. The van der Waals surface area contributed by atoms with E-state index in [1.54, 1.807) is 0 Å². The van der Waals surface area contributed by atoms with Gasteiger partial charge in [-0.1, -0.05) is 111 Å². The van der Waals surface area contributed by atoms with E-state index in [4.69, 9.17) is 0 Å². The van der Waals surface area contributed by atoms with Crippen LogP contribution in [-0.2, 0) is 0 Å². The molecule has 0 saturated carbocycles. The van der Waals surface area contributed by atoms with E-state index in [9.17, 15) is 0 Å². The molecule has 0 saturated heterocycles. The first kappa shape index (κ1) is 19.0. The van der Waals surface area contributed by atoms with Crippen molar-refractivity contribution in [2.75, 3.05) is 0 Å². The van der Waals surface area contributed by atoms with Crippen LogP contribution in [0.1, 0.15) is 111 Å². The lowest BCUT2D eigenvalue weighted by molar-refractivity contribution is 0.350. The van der Waals surface area contributed by atoms with E-state index in [2.05, 4.69) is 27.7 Å². The minimum atomic E-state index is 0.961. The maximum absolute atomic E-state index is 2.47. The van der Waals surface area contributed by atoms with Crippen LogP contribution < -0.4 is 0 Å². The van der Waals surface area contributed by atoms with Gasteiger partial charge in [-0.15, -0.1) is 0 Å². The molecule has 1 atom stereocenters. The average molecular weight is 269 g/mol. The van der Waals surface area contributed by atoms with Crippen LogP contribution in [0.25, 0.3) is 0 Å². The number of rotatable bonds is 14. The van der Waals surface area contributed by atoms with Crippen molar-refractivity contribution in [1.29, 1.82) is 0 Å². The number of unbranched alkanes of at least 4 members (excludes halogenated alkanes) is 5. The summed E-state index contributed by atoms with van der Waals surface area (Å²) in [5.41, 5.74) is 0. The Kier molecular flexibility index (Phi) is 14.4. The van der Waals surface area contributed by atoms with Gasteiger partial charge in [-0.3, -0.25) is 0 Å². The second-order valence-corrected chi connectivity index (χ2v) is 6.68. The predicted octanol–water partition coefficient (Wildman–Crippen LogP) is 7.37. The Hall–Kier alpha value is 0. The Morgan fingerprint density at radius 3 is 1.68 bits per heavy atom. The minimum absolute atomic E-state index is 0.961. The van der Waals surface area contributed by atoms with Gasteiger partial charge in [0.25, 0.3) is 0 Å². The highest BCUT2D eigenvalue weighted by molar-refractivity contribution is 4.62. The van der Waals surface area contributed by atoms with E-state index >= 15 is 0 Å². The Morgan fingerprint density at radius 2 is 1.11 bits per heavy atom. The molecule has 0 aromatic carbocycles. The molecular weight excluding hydrogens is 228 g/mol. The van der Waals surface area contributed by atoms with Crippen LogP contribution in [0.2, 0.25) is 0 Å². The van der Waals surface area contributed by atoms with Crippen LogP contribution in [0.3, 0.4) is 0 Å². The Labute approximate surface area is 123 Å². The molecule has 0 rings (SSSR count). The normalized spacial score (nSPS) is 13.1. The molecule has 1 unspecified atom stereocenters. The molecule has 0 spiro atoms. The summed E-state index contributed by atoms with van der Waals surface area (Å²) in [6, 6.07) is 0. The highest BCUT2D eigenvalue weighted by Crippen LogP contribution is 2.24. The molecule has 0 bridgehead atoms. The Balaban J connectivity index is 3.47. The summed E-state index contributed by atoms with van der Waals surface area (Å²) in [5.74, 6) is 1.98. The molecule has 0 aliphatic carbocycles. The van der Waals surface area contributed by atoms with E-state index in [1.807, 2.05) is 0 Å². The van der Waals surface area contributed by atoms with Crippen LogP contribution in [0, 0.1) is 11.8 Å². The van der Waals surface area contributed by atoms with E-state index in [0.717, 1.165) is 11.8 Å². The van der Waals surface area contributed by atoms with Crippen molar-refractivity contribution in [2.24, 2.45) is 11.8 Å². The molecular formula is C19H40. The molecule has 19 heavy (non-hydrogen) atoms. The maximum atomic E-state index is 2.47. The molecule has 116 valence electrons. The van der Waals surface area contributed by atoms with Crippen LogP contribution >= 0.6 is 0 Å². The molecule has 0 aromatic heterocycles. The van der Waals surface area contributed by atoms with Crippen LogP contribution in [0.4, 0.5) is 0 Å². The fourth-order valence-electron chi connectivity index (χ4n) is 3.19. The third-order valence-corrected chi connectivity index (χ3v) is 4.51. The molecule has 0 amide bonds. The van der Waals surface area contributed by atoms with Crippen LogP contribution in [-0.4, -0.2) is 0 Å². The summed E-state index contributed by atoms with van der Waals surface area (Å²) >= 11 is 0. The predicted molar refractivity (Wildman–Crippen MR) is 89.7 cm³/mol. The standard InChI is InChI=1S/C19H40/c1-5-8-9-10-11-12-15-18(4)16-17-19(13-6-2)14-7-3/h18-19H,5-17H2,1-4H3. The number of hydrogen-bond acceptors (Lipinski definition) is 0. The topological polar surface area (TPSA) is 0 Å². The molecule has 0 fully saturated rings. The first-order valence-corrected chi connectivity index (χ1v) is 9.24. The van der Waals surface area contributed by atoms with Crippen molar-refractivity contribution >= 4 is 0 Å². The molecule has 0 radical (unpaired) electrons.